The zero-order chi connectivity index (χ0) is 13.7. The van der Waals surface area contributed by atoms with E-state index in [2.05, 4.69) is 47.2 Å². The van der Waals surface area contributed by atoms with Crippen molar-refractivity contribution in [3.05, 3.63) is 45.7 Å². The first-order chi connectivity index (χ1) is 9.13. The molecule has 0 radical (unpaired) electrons. The lowest BCUT2D eigenvalue weighted by atomic mass is 10.1. The fraction of sp³-hybridized carbons (Fsp3) is 0.467. The van der Waals surface area contributed by atoms with E-state index in [4.69, 9.17) is 0 Å². The number of hydrogen-bond acceptors (Lipinski definition) is 4. The molecular weight excluding hydrogens is 254 g/mol. The highest BCUT2D eigenvalue weighted by atomic mass is 32.1. The zero-order valence-corrected chi connectivity index (χ0v) is 12.7. The van der Waals surface area contributed by atoms with E-state index in [9.17, 15) is 0 Å². The van der Waals surface area contributed by atoms with Gasteiger partial charge in [-0.15, -0.1) is 11.3 Å². The van der Waals surface area contributed by atoms with Crippen LogP contribution in [0.1, 0.15) is 28.2 Å². The quantitative estimate of drug-likeness (QED) is 0.810. The second-order valence-electron chi connectivity index (χ2n) is 5.07. The normalized spacial score (nSPS) is 11.2. The smallest absolute Gasteiger partial charge is 0.0897 e. The van der Waals surface area contributed by atoms with Gasteiger partial charge in [0, 0.05) is 24.3 Å². The van der Waals surface area contributed by atoms with Gasteiger partial charge in [0.15, 0.2) is 0 Å². The molecule has 2 aromatic rings. The number of aryl methyl sites for hydroxylation is 3. The number of hydrogen-bond donors (Lipinski definition) is 0. The molecule has 0 aliphatic rings. The molecule has 102 valence electrons. The molecule has 4 heteroatoms. The molecule has 0 N–H and O–H groups in total. The maximum absolute atomic E-state index is 4.50. The molecule has 0 amide bonds. The first kappa shape index (κ1) is 14.2. The van der Waals surface area contributed by atoms with Crippen molar-refractivity contribution >= 4 is 11.3 Å². The molecule has 2 aromatic heterocycles. The summed E-state index contributed by atoms with van der Waals surface area (Å²) in [6.45, 7) is 6.17. The average Bonchev–Trinajstić information content (AvgIpc) is 2.75. The van der Waals surface area contributed by atoms with Crippen LogP contribution in [-0.4, -0.2) is 28.5 Å². The van der Waals surface area contributed by atoms with E-state index in [1.165, 1.54) is 16.8 Å². The van der Waals surface area contributed by atoms with Gasteiger partial charge in [-0.3, -0.25) is 4.98 Å². The minimum absolute atomic E-state index is 0.941. The van der Waals surface area contributed by atoms with Crippen molar-refractivity contribution < 1.29 is 0 Å². The minimum Gasteiger partial charge on any atom is -0.301 e. The van der Waals surface area contributed by atoms with Crippen LogP contribution in [0.25, 0.3) is 0 Å². The van der Waals surface area contributed by atoms with Gasteiger partial charge in [-0.2, -0.15) is 0 Å². The molecule has 3 nitrogen and oxygen atoms in total. The third-order valence-corrected chi connectivity index (χ3v) is 3.86. The Hall–Kier alpha value is -1.26. The summed E-state index contributed by atoms with van der Waals surface area (Å²) >= 11 is 1.72. The standard InChI is InChI=1S/C15H21N3S/c1-12-7-14(9-16-8-12)5-4-6-18(3)10-15-11-19-13(2)17-15/h7-9,11H,4-6,10H2,1-3H3. The molecule has 0 aliphatic carbocycles. The number of rotatable bonds is 6. The molecule has 0 unspecified atom stereocenters. The van der Waals surface area contributed by atoms with Gasteiger partial charge in [0.1, 0.15) is 0 Å². The number of nitrogens with zero attached hydrogens (tertiary/aromatic N) is 3. The third-order valence-electron chi connectivity index (χ3n) is 3.04. The lowest BCUT2D eigenvalue weighted by Gasteiger charge is -2.15. The second-order valence-corrected chi connectivity index (χ2v) is 6.13. The molecule has 0 fully saturated rings. The predicted octanol–water partition coefficient (Wildman–Crippen LogP) is 3.22. The topological polar surface area (TPSA) is 29.0 Å². The van der Waals surface area contributed by atoms with Crippen LogP contribution < -0.4 is 0 Å². The Balaban J connectivity index is 1.73. The van der Waals surface area contributed by atoms with E-state index in [1.807, 2.05) is 12.4 Å². The molecule has 0 bridgehead atoms. The van der Waals surface area contributed by atoms with Crippen LogP contribution in [-0.2, 0) is 13.0 Å². The van der Waals surface area contributed by atoms with Crippen molar-refractivity contribution in [3.63, 3.8) is 0 Å². The molecule has 19 heavy (non-hydrogen) atoms. The van der Waals surface area contributed by atoms with E-state index < -0.39 is 0 Å². The first-order valence-electron chi connectivity index (χ1n) is 6.63. The van der Waals surface area contributed by atoms with Crippen LogP contribution in [0.5, 0.6) is 0 Å². The number of aromatic nitrogens is 2. The van der Waals surface area contributed by atoms with Gasteiger partial charge in [0.2, 0.25) is 0 Å². The predicted molar refractivity (Wildman–Crippen MR) is 80.5 cm³/mol. The largest absolute Gasteiger partial charge is 0.301 e. The van der Waals surface area contributed by atoms with E-state index in [-0.39, 0.29) is 0 Å². The molecule has 0 saturated heterocycles. The summed E-state index contributed by atoms with van der Waals surface area (Å²) < 4.78 is 0. The Morgan fingerprint density at radius 3 is 2.79 bits per heavy atom. The van der Waals surface area contributed by atoms with Crippen LogP contribution in [0.15, 0.2) is 23.8 Å². The Labute approximate surface area is 119 Å². The third kappa shape index (κ3) is 4.73. The van der Waals surface area contributed by atoms with Crippen molar-refractivity contribution in [2.75, 3.05) is 13.6 Å². The lowest BCUT2D eigenvalue weighted by molar-refractivity contribution is 0.319. The van der Waals surface area contributed by atoms with Gasteiger partial charge >= 0.3 is 0 Å². The van der Waals surface area contributed by atoms with Crippen molar-refractivity contribution in [3.8, 4) is 0 Å². The van der Waals surface area contributed by atoms with Crippen molar-refractivity contribution in [1.29, 1.82) is 0 Å². The maximum atomic E-state index is 4.50. The molecule has 0 spiro atoms. The monoisotopic (exact) mass is 275 g/mol. The second kappa shape index (κ2) is 6.78. The minimum atomic E-state index is 0.941. The van der Waals surface area contributed by atoms with Crippen LogP contribution in [0, 0.1) is 13.8 Å². The first-order valence-corrected chi connectivity index (χ1v) is 7.51. The summed E-state index contributed by atoms with van der Waals surface area (Å²) in [6, 6.07) is 2.22. The Morgan fingerprint density at radius 2 is 2.11 bits per heavy atom. The van der Waals surface area contributed by atoms with Gasteiger partial charge in [0.25, 0.3) is 0 Å². The van der Waals surface area contributed by atoms with Gasteiger partial charge < -0.3 is 4.90 Å². The Bertz CT molecular complexity index is 522. The zero-order valence-electron chi connectivity index (χ0n) is 11.9. The fourth-order valence-electron chi connectivity index (χ4n) is 2.14. The maximum Gasteiger partial charge on any atom is 0.0897 e. The fourth-order valence-corrected chi connectivity index (χ4v) is 2.75. The van der Waals surface area contributed by atoms with Crippen molar-refractivity contribution in [1.82, 2.24) is 14.9 Å². The molecular formula is C15H21N3S. The highest BCUT2D eigenvalue weighted by Gasteiger charge is 2.03. The van der Waals surface area contributed by atoms with Gasteiger partial charge in [-0.05, 0) is 51.4 Å². The summed E-state index contributed by atoms with van der Waals surface area (Å²) in [5.74, 6) is 0. The Morgan fingerprint density at radius 1 is 1.26 bits per heavy atom. The summed E-state index contributed by atoms with van der Waals surface area (Å²) in [6.07, 6.45) is 6.12. The van der Waals surface area contributed by atoms with Crippen LogP contribution in [0.3, 0.4) is 0 Å². The van der Waals surface area contributed by atoms with Gasteiger partial charge in [0.05, 0.1) is 10.7 Å². The van der Waals surface area contributed by atoms with E-state index in [0.29, 0.717) is 0 Å². The molecule has 0 atom stereocenters. The van der Waals surface area contributed by atoms with Crippen molar-refractivity contribution in [2.24, 2.45) is 0 Å². The molecule has 0 aromatic carbocycles. The number of pyridine rings is 1. The summed E-state index contributed by atoms with van der Waals surface area (Å²) in [4.78, 5) is 11.1. The number of thiazole rings is 1. The van der Waals surface area contributed by atoms with Crippen molar-refractivity contribution in [2.45, 2.75) is 33.2 Å². The highest BCUT2D eigenvalue weighted by Crippen LogP contribution is 2.10. The summed E-state index contributed by atoms with van der Waals surface area (Å²) in [7, 11) is 2.16. The van der Waals surface area contributed by atoms with Gasteiger partial charge in [-0.1, -0.05) is 6.07 Å². The SMILES string of the molecule is Cc1cncc(CCCN(C)Cc2csc(C)n2)c1. The van der Waals surface area contributed by atoms with E-state index in [0.717, 1.165) is 30.9 Å². The highest BCUT2D eigenvalue weighted by molar-refractivity contribution is 7.09. The van der Waals surface area contributed by atoms with Crippen LogP contribution in [0.4, 0.5) is 0 Å². The molecule has 2 heterocycles. The average molecular weight is 275 g/mol. The van der Waals surface area contributed by atoms with E-state index in [1.54, 1.807) is 11.3 Å². The summed E-state index contributed by atoms with van der Waals surface area (Å²) in [5.41, 5.74) is 3.75. The van der Waals surface area contributed by atoms with E-state index >= 15 is 0 Å². The lowest BCUT2D eigenvalue weighted by Crippen LogP contribution is -2.19. The molecule has 0 saturated carbocycles. The molecule has 2 rings (SSSR count). The Kier molecular flexibility index (Phi) is 5.05. The van der Waals surface area contributed by atoms with Gasteiger partial charge in [-0.25, -0.2) is 4.98 Å². The summed E-state index contributed by atoms with van der Waals surface area (Å²) in [5, 5.41) is 3.30. The molecule has 0 aliphatic heterocycles. The van der Waals surface area contributed by atoms with Crippen LogP contribution >= 0.6 is 11.3 Å². The van der Waals surface area contributed by atoms with Crippen LogP contribution in [0.2, 0.25) is 0 Å².